The maximum absolute atomic E-state index is 13.1. The predicted molar refractivity (Wildman–Crippen MR) is 110 cm³/mol. The van der Waals surface area contributed by atoms with Crippen LogP contribution in [0.5, 0.6) is 0 Å². The van der Waals surface area contributed by atoms with Crippen LogP contribution in [0.15, 0.2) is 35.8 Å². The summed E-state index contributed by atoms with van der Waals surface area (Å²) in [6, 6.07) is 7.89. The summed E-state index contributed by atoms with van der Waals surface area (Å²) in [4.78, 5) is 31.4. The van der Waals surface area contributed by atoms with Crippen LogP contribution in [0.4, 0.5) is 5.13 Å². The zero-order chi connectivity index (χ0) is 20.4. The monoisotopic (exact) mass is 410 g/mol. The van der Waals surface area contributed by atoms with Gasteiger partial charge in [0.05, 0.1) is 17.3 Å². The van der Waals surface area contributed by atoms with Gasteiger partial charge in [0.1, 0.15) is 0 Å². The lowest BCUT2D eigenvalue weighted by Gasteiger charge is -2.31. The van der Waals surface area contributed by atoms with E-state index in [0.29, 0.717) is 29.6 Å². The Morgan fingerprint density at radius 2 is 2.00 bits per heavy atom. The molecule has 3 heterocycles. The van der Waals surface area contributed by atoms with E-state index in [-0.39, 0.29) is 17.7 Å². The molecule has 4 rings (SSSR count). The number of aryl methyl sites for hydroxylation is 1. The van der Waals surface area contributed by atoms with Crippen LogP contribution >= 0.6 is 11.3 Å². The van der Waals surface area contributed by atoms with Gasteiger partial charge in [-0.1, -0.05) is 22.9 Å². The van der Waals surface area contributed by atoms with Crippen LogP contribution in [0.3, 0.4) is 0 Å². The van der Waals surface area contributed by atoms with Crippen molar-refractivity contribution < 1.29 is 9.59 Å². The van der Waals surface area contributed by atoms with Crippen molar-refractivity contribution in [3.8, 4) is 5.69 Å². The quantitative estimate of drug-likeness (QED) is 0.714. The summed E-state index contributed by atoms with van der Waals surface area (Å²) >= 11 is 1.38. The SMILES string of the molecule is Cc1ccc(-n2nnc(C(=O)N3CCCC(C(=O)Nc4nccs4)C3)c2C)cc1. The predicted octanol–water partition coefficient (Wildman–Crippen LogP) is 2.83. The maximum Gasteiger partial charge on any atom is 0.276 e. The minimum absolute atomic E-state index is 0.0996. The molecule has 29 heavy (non-hydrogen) atoms. The number of aromatic nitrogens is 4. The number of thiazole rings is 1. The van der Waals surface area contributed by atoms with E-state index in [9.17, 15) is 9.59 Å². The van der Waals surface area contributed by atoms with Gasteiger partial charge in [-0.15, -0.1) is 16.4 Å². The number of hydrogen-bond acceptors (Lipinski definition) is 6. The normalized spacial score (nSPS) is 16.6. The van der Waals surface area contributed by atoms with Gasteiger partial charge in [-0.05, 0) is 38.8 Å². The molecule has 1 atom stereocenters. The number of carbonyl (C=O) groups excluding carboxylic acids is 2. The van der Waals surface area contributed by atoms with Crippen molar-refractivity contribution in [2.45, 2.75) is 26.7 Å². The number of carbonyl (C=O) groups is 2. The Morgan fingerprint density at radius 3 is 2.72 bits per heavy atom. The lowest BCUT2D eigenvalue weighted by molar-refractivity contribution is -0.121. The van der Waals surface area contributed by atoms with E-state index in [2.05, 4.69) is 20.6 Å². The minimum atomic E-state index is -0.260. The fourth-order valence-corrected chi connectivity index (χ4v) is 4.01. The van der Waals surface area contributed by atoms with Gasteiger partial charge in [-0.3, -0.25) is 9.59 Å². The minimum Gasteiger partial charge on any atom is -0.336 e. The highest BCUT2D eigenvalue weighted by Crippen LogP contribution is 2.22. The van der Waals surface area contributed by atoms with Crippen molar-refractivity contribution >= 4 is 28.3 Å². The Kier molecular flexibility index (Phi) is 5.39. The third-order valence-corrected chi connectivity index (χ3v) is 5.81. The molecule has 0 bridgehead atoms. The molecule has 1 aliphatic rings. The number of likely N-dealkylation sites (tertiary alicyclic amines) is 1. The molecule has 0 radical (unpaired) electrons. The third-order valence-electron chi connectivity index (χ3n) is 5.12. The Bertz CT molecular complexity index is 1010. The summed E-state index contributed by atoms with van der Waals surface area (Å²) in [7, 11) is 0. The summed E-state index contributed by atoms with van der Waals surface area (Å²) in [5, 5.41) is 13.5. The first-order valence-corrected chi connectivity index (χ1v) is 10.4. The molecule has 9 heteroatoms. The molecular weight excluding hydrogens is 388 g/mol. The van der Waals surface area contributed by atoms with E-state index in [4.69, 9.17) is 0 Å². The summed E-state index contributed by atoms with van der Waals surface area (Å²) in [5.74, 6) is -0.547. The number of benzene rings is 1. The molecule has 1 fully saturated rings. The third kappa shape index (κ3) is 4.04. The molecule has 0 aliphatic carbocycles. The van der Waals surface area contributed by atoms with Crippen LogP contribution < -0.4 is 5.32 Å². The van der Waals surface area contributed by atoms with E-state index in [1.54, 1.807) is 15.8 Å². The van der Waals surface area contributed by atoms with Gasteiger partial charge >= 0.3 is 0 Å². The Hall–Kier alpha value is -3.07. The zero-order valence-corrected chi connectivity index (χ0v) is 17.1. The van der Waals surface area contributed by atoms with E-state index in [1.165, 1.54) is 11.3 Å². The molecular formula is C20H22N6O2S. The first-order chi connectivity index (χ1) is 14.0. The Labute approximate surface area is 172 Å². The number of hydrogen-bond donors (Lipinski definition) is 1. The lowest BCUT2D eigenvalue weighted by Crippen LogP contribution is -2.44. The van der Waals surface area contributed by atoms with E-state index in [1.807, 2.05) is 43.5 Å². The summed E-state index contributed by atoms with van der Waals surface area (Å²) in [5.41, 5.74) is 3.02. The Morgan fingerprint density at radius 1 is 1.21 bits per heavy atom. The molecule has 0 saturated carbocycles. The van der Waals surface area contributed by atoms with Gasteiger partial charge < -0.3 is 10.2 Å². The summed E-state index contributed by atoms with van der Waals surface area (Å²) in [6.07, 6.45) is 3.17. The van der Waals surface area contributed by atoms with Gasteiger partial charge in [0.15, 0.2) is 10.8 Å². The first kappa shape index (κ1) is 19.3. The second kappa shape index (κ2) is 8.12. The van der Waals surface area contributed by atoms with Crippen LogP contribution in [0.1, 0.15) is 34.6 Å². The fraction of sp³-hybridized carbons (Fsp3) is 0.350. The van der Waals surface area contributed by atoms with Gasteiger partial charge in [0.2, 0.25) is 5.91 Å². The van der Waals surface area contributed by atoms with Crippen molar-refractivity contribution in [1.82, 2.24) is 24.9 Å². The molecule has 8 nitrogen and oxygen atoms in total. The van der Waals surface area contributed by atoms with Crippen molar-refractivity contribution in [2.24, 2.45) is 5.92 Å². The molecule has 150 valence electrons. The highest BCUT2D eigenvalue weighted by molar-refractivity contribution is 7.13. The second-order valence-electron chi connectivity index (χ2n) is 7.19. The van der Waals surface area contributed by atoms with Crippen molar-refractivity contribution in [3.63, 3.8) is 0 Å². The molecule has 1 saturated heterocycles. The zero-order valence-electron chi connectivity index (χ0n) is 16.3. The highest BCUT2D eigenvalue weighted by Gasteiger charge is 2.31. The maximum atomic E-state index is 13.1. The van der Waals surface area contributed by atoms with Gasteiger partial charge in [-0.25, -0.2) is 9.67 Å². The fourth-order valence-electron chi connectivity index (χ4n) is 3.48. The Balaban J connectivity index is 1.48. The van der Waals surface area contributed by atoms with Crippen molar-refractivity contribution in [1.29, 1.82) is 0 Å². The van der Waals surface area contributed by atoms with Gasteiger partial charge in [0, 0.05) is 24.7 Å². The molecule has 1 N–H and O–H groups in total. The number of piperidine rings is 1. The topological polar surface area (TPSA) is 93.0 Å². The number of anilines is 1. The first-order valence-electron chi connectivity index (χ1n) is 9.52. The number of nitrogens with zero attached hydrogens (tertiary/aromatic N) is 5. The molecule has 2 amide bonds. The van der Waals surface area contributed by atoms with Crippen LogP contribution in [-0.4, -0.2) is 49.8 Å². The smallest absolute Gasteiger partial charge is 0.276 e. The standard InChI is InChI=1S/C20H22N6O2S/c1-13-5-7-16(8-6-13)26-14(2)17(23-24-26)19(28)25-10-3-4-15(12-25)18(27)22-20-21-9-11-29-20/h5-9,11,15H,3-4,10,12H2,1-2H3,(H,21,22,27). The molecule has 1 aromatic carbocycles. The van der Waals surface area contributed by atoms with Crippen LogP contribution in [0, 0.1) is 19.8 Å². The average Bonchev–Trinajstić information content (AvgIpc) is 3.38. The molecule has 1 unspecified atom stereocenters. The van der Waals surface area contributed by atoms with Crippen LogP contribution in [0.2, 0.25) is 0 Å². The van der Waals surface area contributed by atoms with Crippen LogP contribution in [0.25, 0.3) is 5.69 Å². The van der Waals surface area contributed by atoms with Crippen molar-refractivity contribution in [3.05, 3.63) is 52.8 Å². The van der Waals surface area contributed by atoms with E-state index in [0.717, 1.165) is 24.1 Å². The summed E-state index contributed by atoms with van der Waals surface area (Å²) in [6.45, 7) is 4.83. The van der Waals surface area contributed by atoms with Crippen LogP contribution in [-0.2, 0) is 4.79 Å². The average molecular weight is 411 g/mol. The van der Waals surface area contributed by atoms with E-state index < -0.39 is 0 Å². The molecule has 3 aromatic rings. The largest absolute Gasteiger partial charge is 0.336 e. The van der Waals surface area contributed by atoms with Gasteiger partial charge in [-0.2, -0.15) is 0 Å². The highest BCUT2D eigenvalue weighted by atomic mass is 32.1. The number of amides is 2. The van der Waals surface area contributed by atoms with E-state index >= 15 is 0 Å². The molecule has 1 aliphatic heterocycles. The second-order valence-corrected chi connectivity index (χ2v) is 8.08. The van der Waals surface area contributed by atoms with Crippen molar-refractivity contribution in [2.75, 3.05) is 18.4 Å². The molecule has 2 aromatic heterocycles. The number of rotatable bonds is 4. The molecule has 0 spiro atoms. The van der Waals surface area contributed by atoms with Gasteiger partial charge in [0.25, 0.3) is 5.91 Å². The summed E-state index contributed by atoms with van der Waals surface area (Å²) < 4.78 is 1.67. The lowest BCUT2D eigenvalue weighted by atomic mass is 9.97. The number of nitrogens with one attached hydrogen (secondary N) is 1.